The van der Waals surface area contributed by atoms with E-state index in [4.69, 9.17) is 5.73 Å². The van der Waals surface area contributed by atoms with E-state index >= 15 is 0 Å². The first-order valence-electron chi connectivity index (χ1n) is 9.29. The van der Waals surface area contributed by atoms with Crippen LogP contribution in [0, 0.1) is 11.3 Å². The molecule has 1 aromatic heterocycles. The molecule has 1 aromatic carbocycles. The maximum atomic E-state index is 12.7. The average molecular weight is 381 g/mol. The summed E-state index contributed by atoms with van der Waals surface area (Å²) in [5.74, 6) is 0.566. The van der Waals surface area contributed by atoms with Crippen molar-refractivity contribution in [1.82, 2.24) is 9.13 Å². The molecule has 1 aliphatic heterocycles. The van der Waals surface area contributed by atoms with Crippen molar-refractivity contribution in [2.24, 2.45) is 12.8 Å². The molecule has 0 bridgehead atoms. The van der Waals surface area contributed by atoms with Crippen molar-refractivity contribution in [3.63, 3.8) is 0 Å². The van der Waals surface area contributed by atoms with E-state index in [1.807, 2.05) is 24.0 Å². The van der Waals surface area contributed by atoms with Crippen LogP contribution in [0.4, 0.5) is 5.82 Å². The largest absolute Gasteiger partial charge is 0.356 e. The fourth-order valence-electron chi connectivity index (χ4n) is 3.22. The standard InChI is InChI=1S/C18H21N5O2.C3H6/c1-21-17(24)9-16(22-8-4-7-15(20)12-22)23(18(21)25)11-14-6-3-2-5-13(14)10-19;1-3-2/h2-3,5-6,9,15H,4,7-8,11-12,20H2,1H3;3H,1H2,2H3/t15-;/m1./s1. The van der Waals surface area contributed by atoms with E-state index in [1.165, 1.54) is 13.1 Å². The van der Waals surface area contributed by atoms with Crippen LogP contribution in [0.5, 0.6) is 0 Å². The van der Waals surface area contributed by atoms with Crippen LogP contribution in [0.1, 0.15) is 30.9 Å². The van der Waals surface area contributed by atoms with E-state index in [-0.39, 0.29) is 18.1 Å². The zero-order chi connectivity index (χ0) is 20.7. The Balaban J connectivity index is 0.000000878. The van der Waals surface area contributed by atoms with Crippen molar-refractivity contribution in [2.75, 3.05) is 18.0 Å². The molecule has 7 heteroatoms. The molecule has 0 unspecified atom stereocenters. The summed E-state index contributed by atoms with van der Waals surface area (Å²) in [6.45, 7) is 6.84. The Labute approximate surface area is 164 Å². The topological polar surface area (TPSA) is 97.1 Å². The van der Waals surface area contributed by atoms with Crippen molar-refractivity contribution in [2.45, 2.75) is 32.4 Å². The lowest BCUT2D eigenvalue weighted by atomic mass is 10.1. The Bertz CT molecular complexity index is 984. The summed E-state index contributed by atoms with van der Waals surface area (Å²) in [7, 11) is 1.46. The molecule has 0 aliphatic carbocycles. The number of aromatic nitrogens is 2. The van der Waals surface area contributed by atoms with Gasteiger partial charge in [-0.1, -0.05) is 24.3 Å². The number of nitrogens with two attached hydrogens (primary N) is 1. The summed E-state index contributed by atoms with van der Waals surface area (Å²) in [6, 6.07) is 10.8. The number of nitriles is 1. The molecule has 0 amide bonds. The molecule has 1 saturated heterocycles. The minimum absolute atomic E-state index is 0.0211. The predicted octanol–water partition coefficient (Wildman–Crippen LogP) is 1.59. The number of piperidine rings is 1. The highest BCUT2D eigenvalue weighted by Gasteiger charge is 2.22. The SMILES string of the molecule is C=CC.Cn1c(=O)cc(N2CCC[C@@H](N)C2)n(Cc2ccccc2C#N)c1=O. The van der Waals surface area contributed by atoms with E-state index in [0.29, 0.717) is 17.9 Å². The van der Waals surface area contributed by atoms with Gasteiger partial charge in [-0.15, -0.1) is 6.58 Å². The molecule has 0 saturated carbocycles. The minimum atomic E-state index is -0.394. The molecule has 1 aliphatic rings. The number of nitrogens with zero attached hydrogens (tertiary/aromatic N) is 4. The van der Waals surface area contributed by atoms with Gasteiger partial charge in [0.1, 0.15) is 5.82 Å². The van der Waals surface area contributed by atoms with E-state index in [1.54, 1.807) is 22.8 Å². The van der Waals surface area contributed by atoms with Crippen LogP contribution in [0.3, 0.4) is 0 Å². The van der Waals surface area contributed by atoms with Crippen LogP contribution in [0.15, 0.2) is 52.6 Å². The summed E-state index contributed by atoms with van der Waals surface area (Å²) in [4.78, 5) is 26.9. The zero-order valence-electron chi connectivity index (χ0n) is 16.5. The number of anilines is 1. The number of benzene rings is 1. The van der Waals surface area contributed by atoms with Crippen LogP contribution in [-0.4, -0.2) is 28.3 Å². The monoisotopic (exact) mass is 381 g/mol. The molecule has 2 aromatic rings. The maximum absolute atomic E-state index is 12.7. The summed E-state index contributed by atoms with van der Waals surface area (Å²) in [5, 5.41) is 9.30. The van der Waals surface area contributed by atoms with Crippen LogP contribution in [-0.2, 0) is 13.6 Å². The molecule has 2 heterocycles. The first-order valence-corrected chi connectivity index (χ1v) is 9.29. The van der Waals surface area contributed by atoms with Gasteiger partial charge < -0.3 is 10.6 Å². The highest BCUT2D eigenvalue weighted by Crippen LogP contribution is 2.19. The fourth-order valence-corrected chi connectivity index (χ4v) is 3.22. The molecule has 0 spiro atoms. The van der Waals surface area contributed by atoms with Crippen molar-refractivity contribution in [3.8, 4) is 6.07 Å². The van der Waals surface area contributed by atoms with Gasteiger partial charge in [0.05, 0.1) is 18.2 Å². The van der Waals surface area contributed by atoms with Crippen LogP contribution < -0.4 is 21.9 Å². The van der Waals surface area contributed by atoms with Crippen molar-refractivity contribution in [1.29, 1.82) is 5.26 Å². The van der Waals surface area contributed by atoms with Crippen molar-refractivity contribution in [3.05, 3.63) is 75.0 Å². The van der Waals surface area contributed by atoms with Crippen LogP contribution >= 0.6 is 0 Å². The highest BCUT2D eigenvalue weighted by atomic mass is 16.2. The Kier molecular flexibility index (Phi) is 7.36. The second kappa shape index (κ2) is 9.72. The number of allylic oxidation sites excluding steroid dienone is 1. The molecule has 2 N–H and O–H groups in total. The predicted molar refractivity (Wildman–Crippen MR) is 111 cm³/mol. The van der Waals surface area contributed by atoms with E-state index in [0.717, 1.165) is 29.5 Å². The smallest absolute Gasteiger partial charge is 0.332 e. The third kappa shape index (κ3) is 4.78. The summed E-state index contributed by atoms with van der Waals surface area (Å²) in [6.07, 6.45) is 3.60. The molecular formula is C21H27N5O2. The normalized spacial score (nSPS) is 15.9. The molecule has 148 valence electrons. The number of rotatable bonds is 3. The van der Waals surface area contributed by atoms with E-state index in [9.17, 15) is 14.9 Å². The van der Waals surface area contributed by atoms with E-state index < -0.39 is 5.69 Å². The quantitative estimate of drug-likeness (QED) is 0.815. The minimum Gasteiger partial charge on any atom is -0.356 e. The summed E-state index contributed by atoms with van der Waals surface area (Å²) in [5.41, 5.74) is 6.59. The highest BCUT2D eigenvalue weighted by molar-refractivity contribution is 5.42. The second-order valence-corrected chi connectivity index (χ2v) is 6.79. The van der Waals surface area contributed by atoms with Gasteiger partial charge in [-0.3, -0.25) is 13.9 Å². The molecule has 28 heavy (non-hydrogen) atoms. The van der Waals surface area contributed by atoms with Gasteiger partial charge in [-0.05, 0) is 31.4 Å². The second-order valence-electron chi connectivity index (χ2n) is 6.79. The summed E-state index contributed by atoms with van der Waals surface area (Å²) < 4.78 is 2.64. The Morgan fingerprint density at radius 1 is 1.36 bits per heavy atom. The summed E-state index contributed by atoms with van der Waals surface area (Å²) >= 11 is 0. The fraction of sp³-hybridized carbons (Fsp3) is 0.381. The first-order chi connectivity index (χ1) is 13.4. The van der Waals surface area contributed by atoms with Gasteiger partial charge in [-0.2, -0.15) is 5.26 Å². The lowest BCUT2D eigenvalue weighted by Crippen LogP contribution is -2.47. The average Bonchev–Trinajstić information content (AvgIpc) is 2.69. The lowest BCUT2D eigenvalue weighted by Gasteiger charge is -2.34. The molecule has 1 fully saturated rings. The van der Waals surface area contributed by atoms with Crippen molar-refractivity contribution < 1.29 is 0 Å². The molecule has 7 nitrogen and oxygen atoms in total. The lowest BCUT2D eigenvalue weighted by molar-refractivity contribution is 0.491. The van der Waals surface area contributed by atoms with Crippen molar-refractivity contribution >= 4 is 5.82 Å². The Hall–Kier alpha value is -3.11. The van der Waals surface area contributed by atoms with Gasteiger partial charge in [0, 0.05) is 32.2 Å². The van der Waals surface area contributed by atoms with Gasteiger partial charge in [0.2, 0.25) is 0 Å². The molecule has 1 atom stereocenters. The third-order valence-electron chi connectivity index (χ3n) is 4.63. The third-order valence-corrected chi connectivity index (χ3v) is 4.63. The number of hydrogen-bond acceptors (Lipinski definition) is 5. The molecule has 0 radical (unpaired) electrons. The van der Waals surface area contributed by atoms with Crippen LogP contribution in [0.2, 0.25) is 0 Å². The van der Waals surface area contributed by atoms with Gasteiger partial charge in [0.15, 0.2) is 0 Å². The first kappa shape index (κ1) is 21.2. The van der Waals surface area contributed by atoms with Gasteiger partial charge >= 0.3 is 5.69 Å². The maximum Gasteiger partial charge on any atom is 0.332 e. The molecular weight excluding hydrogens is 354 g/mol. The Morgan fingerprint density at radius 2 is 2.04 bits per heavy atom. The van der Waals surface area contributed by atoms with Gasteiger partial charge in [0.25, 0.3) is 5.56 Å². The number of hydrogen-bond donors (Lipinski definition) is 1. The Morgan fingerprint density at radius 3 is 2.68 bits per heavy atom. The van der Waals surface area contributed by atoms with Gasteiger partial charge in [-0.25, -0.2) is 4.79 Å². The zero-order valence-corrected chi connectivity index (χ0v) is 16.5. The van der Waals surface area contributed by atoms with E-state index in [2.05, 4.69) is 12.6 Å². The molecule has 3 rings (SSSR count). The van der Waals surface area contributed by atoms with Crippen LogP contribution in [0.25, 0.3) is 0 Å².